The Labute approximate surface area is 145 Å². The molecular weight excluding hydrogens is 325 g/mol. The van der Waals surface area contributed by atoms with Gasteiger partial charge in [0.1, 0.15) is 18.5 Å². The molecule has 0 spiro atoms. The molecule has 1 aromatic heterocycles. The zero-order valence-corrected chi connectivity index (χ0v) is 14.0. The fourth-order valence-electron chi connectivity index (χ4n) is 2.80. The number of nitrogens with zero attached hydrogens (tertiary/aromatic N) is 3. The van der Waals surface area contributed by atoms with Gasteiger partial charge in [0.15, 0.2) is 0 Å². The van der Waals surface area contributed by atoms with E-state index in [0.717, 1.165) is 0 Å². The van der Waals surface area contributed by atoms with Crippen LogP contribution in [0.25, 0.3) is 11.5 Å². The Morgan fingerprint density at radius 1 is 1.48 bits per heavy atom. The van der Waals surface area contributed by atoms with Gasteiger partial charge in [0.05, 0.1) is 11.0 Å². The van der Waals surface area contributed by atoms with Crippen LogP contribution in [0.15, 0.2) is 28.7 Å². The highest BCUT2D eigenvalue weighted by Gasteiger charge is 2.47. The average molecular weight is 343 g/mol. The van der Waals surface area contributed by atoms with Crippen LogP contribution >= 0.6 is 0 Å². The molecule has 1 aliphatic rings. The van der Waals surface area contributed by atoms with Crippen molar-refractivity contribution in [3.05, 3.63) is 36.0 Å². The first-order chi connectivity index (χ1) is 11.9. The van der Waals surface area contributed by atoms with E-state index in [-0.39, 0.29) is 24.0 Å². The molecule has 0 N–H and O–H groups in total. The van der Waals surface area contributed by atoms with E-state index in [2.05, 4.69) is 16.1 Å². The van der Waals surface area contributed by atoms with Crippen LogP contribution in [0, 0.1) is 18.2 Å². The molecule has 0 bridgehead atoms. The third-order valence-electron chi connectivity index (χ3n) is 4.20. The van der Waals surface area contributed by atoms with E-state index >= 15 is 0 Å². The van der Waals surface area contributed by atoms with Crippen molar-refractivity contribution in [2.24, 2.45) is 0 Å². The summed E-state index contributed by atoms with van der Waals surface area (Å²) in [4.78, 5) is 13.9. The topological polar surface area (TPSA) is 68.5 Å². The number of aromatic nitrogens is 2. The molecule has 3 rings (SSSR count). The first-order valence-corrected chi connectivity index (χ1v) is 7.87. The van der Waals surface area contributed by atoms with Crippen molar-refractivity contribution in [3.63, 3.8) is 0 Å². The lowest BCUT2D eigenvalue weighted by Gasteiger charge is -2.46. The molecule has 1 aliphatic heterocycles. The number of hydrogen-bond donors (Lipinski definition) is 0. The molecule has 1 amide bonds. The van der Waals surface area contributed by atoms with Gasteiger partial charge in [-0.25, -0.2) is 4.39 Å². The Kier molecular flexibility index (Phi) is 4.55. The van der Waals surface area contributed by atoms with Gasteiger partial charge in [0.25, 0.3) is 11.8 Å². The molecule has 25 heavy (non-hydrogen) atoms. The second-order valence-corrected chi connectivity index (χ2v) is 6.30. The molecule has 0 saturated carbocycles. The smallest absolute Gasteiger partial charge is 0.251 e. The maximum Gasteiger partial charge on any atom is 0.251 e. The summed E-state index contributed by atoms with van der Waals surface area (Å²) in [6.07, 6.45) is 4.53. The maximum atomic E-state index is 13.8. The summed E-state index contributed by atoms with van der Waals surface area (Å²) in [7, 11) is 0. The van der Waals surface area contributed by atoms with Crippen molar-refractivity contribution in [3.8, 4) is 23.8 Å². The lowest BCUT2D eigenvalue weighted by molar-refractivity contribution is -0.150. The summed E-state index contributed by atoms with van der Waals surface area (Å²) < 4.78 is 24.7. The van der Waals surface area contributed by atoms with Crippen LogP contribution in [0.5, 0.6) is 0 Å². The molecule has 6 nitrogen and oxygen atoms in total. The Morgan fingerprint density at radius 2 is 2.20 bits per heavy atom. The lowest BCUT2D eigenvalue weighted by Crippen LogP contribution is -2.61. The van der Waals surface area contributed by atoms with Crippen LogP contribution in [-0.4, -0.2) is 46.8 Å². The van der Waals surface area contributed by atoms with Gasteiger partial charge in [0.2, 0.25) is 5.89 Å². The van der Waals surface area contributed by atoms with Crippen LogP contribution in [0.2, 0.25) is 0 Å². The maximum absolute atomic E-state index is 13.8. The molecule has 1 atom stereocenters. The van der Waals surface area contributed by atoms with Crippen LogP contribution in [0.3, 0.4) is 0 Å². The third kappa shape index (κ3) is 3.26. The van der Waals surface area contributed by atoms with Gasteiger partial charge in [-0.3, -0.25) is 4.79 Å². The molecule has 1 unspecified atom stereocenters. The SMILES string of the molecule is C#CCOC(C)C(=O)N1CC(C)(c2nnc(-c3ccccc3F)o2)C1. The van der Waals surface area contributed by atoms with Crippen molar-refractivity contribution in [1.29, 1.82) is 0 Å². The van der Waals surface area contributed by atoms with Crippen LogP contribution < -0.4 is 0 Å². The third-order valence-corrected chi connectivity index (χ3v) is 4.20. The molecule has 1 aromatic carbocycles. The summed E-state index contributed by atoms with van der Waals surface area (Å²) in [6, 6.07) is 6.21. The number of benzene rings is 1. The number of terminal acetylenes is 1. The van der Waals surface area contributed by atoms with E-state index in [1.807, 2.05) is 6.92 Å². The minimum atomic E-state index is -0.600. The van der Waals surface area contributed by atoms with Gasteiger partial charge in [-0.2, -0.15) is 0 Å². The van der Waals surface area contributed by atoms with Crippen molar-refractivity contribution in [1.82, 2.24) is 15.1 Å². The summed E-state index contributed by atoms with van der Waals surface area (Å²) in [6.45, 7) is 4.53. The van der Waals surface area contributed by atoms with Gasteiger partial charge < -0.3 is 14.1 Å². The Balaban J connectivity index is 1.68. The number of halogens is 1. The minimum absolute atomic E-state index is 0.0909. The highest BCUT2D eigenvalue weighted by molar-refractivity contribution is 5.81. The van der Waals surface area contributed by atoms with E-state index < -0.39 is 17.3 Å². The minimum Gasteiger partial charge on any atom is -0.420 e. The highest BCUT2D eigenvalue weighted by atomic mass is 19.1. The Hall–Kier alpha value is -2.72. The number of carbonyl (C=O) groups is 1. The number of amides is 1. The van der Waals surface area contributed by atoms with Gasteiger partial charge >= 0.3 is 0 Å². The molecule has 130 valence electrons. The second kappa shape index (κ2) is 6.65. The summed E-state index contributed by atoms with van der Waals surface area (Å²) >= 11 is 0. The summed E-state index contributed by atoms with van der Waals surface area (Å²) in [5, 5.41) is 7.97. The predicted octanol–water partition coefficient (Wildman–Crippen LogP) is 2.01. The lowest BCUT2D eigenvalue weighted by atomic mass is 9.81. The monoisotopic (exact) mass is 343 g/mol. The molecule has 7 heteroatoms. The number of ether oxygens (including phenoxy) is 1. The molecule has 0 radical (unpaired) electrons. The molecular formula is C18H18FN3O3. The summed E-state index contributed by atoms with van der Waals surface area (Å²) in [5.41, 5.74) is -0.203. The van der Waals surface area contributed by atoms with E-state index in [9.17, 15) is 9.18 Å². The quantitative estimate of drug-likeness (QED) is 0.777. The Bertz CT molecular complexity index is 821. The van der Waals surface area contributed by atoms with E-state index in [4.69, 9.17) is 15.6 Å². The largest absolute Gasteiger partial charge is 0.420 e. The molecule has 2 aromatic rings. The van der Waals surface area contributed by atoms with Crippen molar-refractivity contribution in [2.45, 2.75) is 25.4 Å². The number of hydrogen-bond acceptors (Lipinski definition) is 5. The molecule has 0 aliphatic carbocycles. The zero-order valence-electron chi connectivity index (χ0n) is 14.0. The summed E-state index contributed by atoms with van der Waals surface area (Å²) in [5.74, 6) is 2.29. The van der Waals surface area contributed by atoms with Crippen LogP contribution in [0.4, 0.5) is 4.39 Å². The molecule has 2 heterocycles. The van der Waals surface area contributed by atoms with E-state index in [0.29, 0.717) is 19.0 Å². The van der Waals surface area contributed by atoms with E-state index in [1.165, 1.54) is 6.07 Å². The first kappa shape index (κ1) is 17.1. The van der Waals surface area contributed by atoms with Crippen molar-refractivity contribution in [2.75, 3.05) is 19.7 Å². The normalized spacial score (nSPS) is 16.8. The van der Waals surface area contributed by atoms with Crippen LogP contribution in [0.1, 0.15) is 19.7 Å². The standard InChI is InChI=1S/C18H18FN3O3/c1-4-9-24-12(2)16(23)22-10-18(3,11-22)17-21-20-15(25-17)13-7-5-6-8-14(13)19/h1,5-8,12H,9-11H2,2-3H3. The number of likely N-dealkylation sites (tertiary alicyclic amines) is 1. The van der Waals surface area contributed by atoms with Gasteiger partial charge in [-0.15, -0.1) is 16.6 Å². The van der Waals surface area contributed by atoms with Crippen LogP contribution in [-0.2, 0) is 14.9 Å². The van der Waals surface area contributed by atoms with E-state index in [1.54, 1.807) is 30.0 Å². The number of carbonyl (C=O) groups excluding carboxylic acids is 1. The van der Waals surface area contributed by atoms with Gasteiger partial charge in [-0.1, -0.05) is 18.1 Å². The first-order valence-electron chi connectivity index (χ1n) is 7.87. The number of rotatable bonds is 5. The van der Waals surface area contributed by atoms with Gasteiger partial charge in [-0.05, 0) is 26.0 Å². The van der Waals surface area contributed by atoms with Crippen molar-refractivity contribution >= 4 is 5.91 Å². The van der Waals surface area contributed by atoms with Gasteiger partial charge in [0, 0.05) is 13.1 Å². The second-order valence-electron chi connectivity index (χ2n) is 6.30. The predicted molar refractivity (Wildman–Crippen MR) is 87.9 cm³/mol. The highest BCUT2D eigenvalue weighted by Crippen LogP contribution is 2.35. The van der Waals surface area contributed by atoms with Crippen molar-refractivity contribution < 1.29 is 18.3 Å². The fourth-order valence-corrected chi connectivity index (χ4v) is 2.80. The molecule has 1 saturated heterocycles. The zero-order chi connectivity index (χ0) is 18.0. The fraction of sp³-hybridized carbons (Fsp3) is 0.389. The Morgan fingerprint density at radius 3 is 2.88 bits per heavy atom. The average Bonchev–Trinajstić information content (AvgIpc) is 3.06. The molecule has 1 fully saturated rings.